The molecule has 0 saturated heterocycles. The summed E-state index contributed by atoms with van der Waals surface area (Å²) < 4.78 is 0. The second-order valence-corrected chi connectivity index (χ2v) is 3.61. The van der Waals surface area contributed by atoms with Gasteiger partial charge in [-0.15, -0.1) is 0 Å². The van der Waals surface area contributed by atoms with Crippen molar-refractivity contribution >= 4 is 23.2 Å². The molecule has 0 atom stereocenters. The van der Waals surface area contributed by atoms with Crippen molar-refractivity contribution in [3.63, 3.8) is 0 Å². The topological polar surface area (TPSA) is 83.5 Å². The van der Waals surface area contributed by atoms with Gasteiger partial charge < -0.3 is 10.4 Å². The van der Waals surface area contributed by atoms with Crippen LogP contribution in [0.1, 0.15) is 22.8 Å². The molecule has 1 aromatic carbocycles. The summed E-state index contributed by atoms with van der Waals surface area (Å²) in [5, 5.41) is 12.0. The summed E-state index contributed by atoms with van der Waals surface area (Å²) in [5.74, 6) is -2.54. The molecule has 1 aliphatic rings. The van der Waals surface area contributed by atoms with Crippen molar-refractivity contribution in [2.24, 2.45) is 0 Å². The van der Waals surface area contributed by atoms with Crippen molar-refractivity contribution in [3.8, 4) is 0 Å². The standard InChI is InChI=1S/C12H9NO4/c1-6(14)13-9-10(15)7-4-2-3-5-8(7)11(16)12(9)17/h2-5,15H,1H3,(H,13,14). The fraction of sp³-hybridized carbons (Fsp3) is 0.0833. The molecule has 1 aromatic rings. The second-order valence-electron chi connectivity index (χ2n) is 3.61. The molecule has 5 nitrogen and oxygen atoms in total. The molecule has 1 aliphatic carbocycles. The molecule has 17 heavy (non-hydrogen) atoms. The molecule has 2 rings (SSSR count). The molecular formula is C12H9NO4. The number of carbonyl (C=O) groups is 3. The van der Waals surface area contributed by atoms with Gasteiger partial charge in [0.1, 0.15) is 5.70 Å². The van der Waals surface area contributed by atoms with Crippen LogP contribution in [0, 0.1) is 0 Å². The van der Waals surface area contributed by atoms with Crippen molar-refractivity contribution in [3.05, 3.63) is 41.1 Å². The van der Waals surface area contributed by atoms with Gasteiger partial charge in [-0.05, 0) is 0 Å². The maximum absolute atomic E-state index is 11.7. The van der Waals surface area contributed by atoms with E-state index >= 15 is 0 Å². The smallest absolute Gasteiger partial charge is 0.253 e. The minimum atomic E-state index is -0.906. The fourth-order valence-electron chi connectivity index (χ4n) is 1.66. The number of hydrogen-bond donors (Lipinski definition) is 2. The lowest BCUT2D eigenvalue weighted by Gasteiger charge is -2.17. The monoisotopic (exact) mass is 231 g/mol. The third-order valence-electron chi connectivity index (χ3n) is 2.40. The fourth-order valence-corrected chi connectivity index (χ4v) is 1.66. The minimum absolute atomic E-state index is 0.143. The highest BCUT2D eigenvalue weighted by molar-refractivity contribution is 6.52. The van der Waals surface area contributed by atoms with E-state index < -0.39 is 17.5 Å². The zero-order valence-electron chi connectivity index (χ0n) is 8.98. The number of allylic oxidation sites excluding steroid dienone is 1. The van der Waals surface area contributed by atoms with E-state index in [1.54, 1.807) is 12.1 Å². The molecule has 5 heteroatoms. The van der Waals surface area contributed by atoms with Crippen LogP contribution in [0.2, 0.25) is 0 Å². The number of fused-ring (bicyclic) bond motifs is 1. The molecule has 2 N–H and O–H groups in total. The molecule has 0 radical (unpaired) electrons. The summed E-state index contributed by atoms with van der Waals surface area (Å²) in [5.41, 5.74) is 0.0335. The Morgan fingerprint density at radius 2 is 1.71 bits per heavy atom. The molecule has 0 saturated carbocycles. The number of amides is 1. The Labute approximate surface area is 96.8 Å². The zero-order valence-corrected chi connectivity index (χ0v) is 8.98. The first-order chi connectivity index (χ1) is 8.02. The van der Waals surface area contributed by atoms with E-state index in [0.717, 1.165) is 0 Å². The van der Waals surface area contributed by atoms with Crippen LogP contribution in [-0.2, 0) is 9.59 Å². The van der Waals surface area contributed by atoms with Crippen LogP contribution in [0.3, 0.4) is 0 Å². The minimum Gasteiger partial charge on any atom is -0.505 e. The Morgan fingerprint density at radius 1 is 1.12 bits per heavy atom. The normalized spacial score (nSPS) is 14.6. The zero-order chi connectivity index (χ0) is 12.6. The van der Waals surface area contributed by atoms with Gasteiger partial charge in [0.2, 0.25) is 11.7 Å². The maximum atomic E-state index is 11.7. The van der Waals surface area contributed by atoms with Crippen LogP contribution in [0.5, 0.6) is 0 Å². The molecule has 0 unspecified atom stereocenters. The third-order valence-corrected chi connectivity index (χ3v) is 2.40. The first kappa shape index (κ1) is 11.1. The van der Waals surface area contributed by atoms with Crippen molar-refractivity contribution in [2.45, 2.75) is 6.92 Å². The highest BCUT2D eigenvalue weighted by Gasteiger charge is 2.33. The van der Waals surface area contributed by atoms with Crippen LogP contribution in [-0.4, -0.2) is 22.6 Å². The predicted molar refractivity (Wildman–Crippen MR) is 59.1 cm³/mol. The molecule has 86 valence electrons. The quantitative estimate of drug-likeness (QED) is 0.701. The Bertz CT molecular complexity index is 572. The average Bonchev–Trinajstić information content (AvgIpc) is 2.31. The van der Waals surface area contributed by atoms with Crippen LogP contribution >= 0.6 is 0 Å². The molecule has 0 aliphatic heterocycles. The summed E-state index contributed by atoms with van der Waals surface area (Å²) >= 11 is 0. The van der Waals surface area contributed by atoms with Crippen LogP contribution in [0.4, 0.5) is 0 Å². The van der Waals surface area contributed by atoms with Gasteiger partial charge in [0, 0.05) is 18.1 Å². The highest BCUT2D eigenvalue weighted by Crippen LogP contribution is 2.26. The molecule has 0 fully saturated rings. The van der Waals surface area contributed by atoms with E-state index in [1.165, 1.54) is 19.1 Å². The van der Waals surface area contributed by atoms with Gasteiger partial charge in [-0.3, -0.25) is 14.4 Å². The second kappa shape index (κ2) is 3.86. The first-order valence-electron chi connectivity index (χ1n) is 4.91. The number of carbonyl (C=O) groups excluding carboxylic acids is 3. The Hall–Kier alpha value is -2.43. The molecule has 0 bridgehead atoms. The number of aliphatic hydroxyl groups is 1. The number of rotatable bonds is 1. The summed E-state index contributed by atoms with van der Waals surface area (Å²) in [6.07, 6.45) is 0. The van der Waals surface area contributed by atoms with Crippen LogP contribution < -0.4 is 5.32 Å². The van der Waals surface area contributed by atoms with Gasteiger partial charge in [-0.25, -0.2) is 0 Å². The van der Waals surface area contributed by atoms with E-state index in [1.807, 2.05) is 0 Å². The lowest BCUT2D eigenvalue weighted by molar-refractivity contribution is -0.120. The molecule has 0 aromatic heterocycles. The van der Waals surface area contributed by atoms with E-state index in [2.05, 4.69) is 5.32 Å². The van der Waals surface area contributed by atoms with Gasteiger partial charge in [-0.2, -0.15) is 0 Å². The SMILES string of the molecule is CC(=O)NC1=C(O)c2ccccc2C(=O)C1=O. The lowest BCUT2D eigenvalue weighted by Crippen LogP contribution is -2.34. The molecular weight excluding hydrogens is 222 g/mol. The van der Waals surface area contributed by atoms with Gasteiger partial charge in [-0.1, -0.05) is 24.3 Å². The van der Waals surface area contributed by atoms with E-state index in [0.29, 0.717) is 0 Å². The van der Waals surface area contributed by atoms with Crippen LogP contribution in [0.25, 0.3) is 5.76 Å². The Balaban J connectivity index is 2.63. The average molecular weight is 231 g/mol. The number of nitrogens with one attached hydrogen (secondary N) is 1. The summed E-state index contributed by atoms with van der Waals surface area (Å²) in [6, 6.07) is 6.19. The summed E-state index contributed by atoms with van der Waals surface area (Å²) in [4.78, 5) is 34.3. The Kier molecular flexibility index (Phi) is 2.51. The summed E-state index contributed by atoms with van der Waals surface area (Å²) in [6.45, 7) is 1.19. The van der Waals surface area contributed by atoms with Crippen molar-refractivity contribution in [1.29, 1.82) is 0 Å². The van der Waals surface area contributed by atoms with E-state index in [-0.39, 0.29) is 22.6 Å². The van der Waals surface area contributed by atoms with Gasteiger partial charge >= 0.3 is 0 Å². The number of Topliss-reactive ketones (excluding diaryl/α,β-unsaturated/α-hetero) is 2. The molecule has 0 spiro atoms. The lowest BCUT2D eigenvalue weighted by atomic mass is 9.91. The van der Waals surface area contributed by atoms with Crippen molar-refractivity contribution < 1.29 is 19.5 Å². The maximum Gasteiger partial charge on any atom is 0.253 e. The molecule has 1 amide bonds. The van der Waals surface area contributed by atoms with Crippen molar-refractivity contribution in [2.75, 3.05) is 0 Å². The largest absolute Gasteiger partial charge is 0.505 e. The Morgan fingerprint density at radius 3 is 2.29 bits per heavy atom. The number of aliphatic hydroxyl groups excluding tert-OH is 1. The predicted octanol–water partition coefficient (Wildman–Crippen LogP) is 0.815. The van der Waals surface area contributed by atoms with Gasteiger partial charge in [0.15, 0.2) is 5.76 Å². The highest BCUT2D eigenvalue weighted by atomic mass is 16.3. The first-order valence-corrected chi connectivity index (χ1v) is 4.91. The molecule has 0 heterocycles. The van der Waals surface area contributed by atoms with Gasteiger partial charge in [0.25, 0.3) is 5.78 Å². The number of ketones is 2. The van der Waals surface area contributed by atoms with E-state index in [4.69, 9.17) is 0 Å². The number of hydrogen-bond acceptors (Lipinski definition) is 4. The summed E-state index contributed by atoms with van der Waals surface area (Å²) in [7, 11) is 0. The van der Waals surface area contributed by atoms with E-state index in [9.17, 15) is 19.5 Å². The van der Waals surface area contributed by atoms with Crippen molar-refractivity contribution in [1.82, 2.24) is 5.32 Å². The van der Waals surface area contributed by atoms with Gasteiger partial charge in [0.05, 0.1) is 0 Å². The number of benzene rings is 1. The third kappa shape index (κ3) is 1.71. The van der Waals surface area contributed by atoms with Crippen LogP contribution in [0.15, 0.2) is 30.0 Å².